The summed E-state index contributed by atoms with van der Waals surface area (Å²) in [4.78, 5) is 13.6. The highest BCUT2D eigenvalue weighted by molar-refractivity contribution is 5.88. The van der Waals surface area contributed by atoms with E-state index in [2.05, 4.69) is 0 Å². The molecule has 0 saturated carbocycles. The zero-order valence-corrected chi connectivity index (χ0v) is 11.4. The van der Waals surface area contributed by atoms with Gasteiger partial charge in [0.15, 0.2) is 0 Å². The monoisotopic (exact) mass is 251 g/mol. The van der Waals surface area contributed by atoms with Crippen molar-refractivity contribution in [2.75, 3.05) is 18.1 Å². The van der Waals surface area contributed by atoms with E-state index >= 15 is 0 Å². The molecule has 0 bridgehead atoms. The minimum Gasteiger partial charge on any atom is -0.443 e. The highest BCUT2D eigenvalue weighted by atomic mass is 16.6. The molecule has 1 aromatic carbocycles. The van der Waals surface area contributed by atoms with Crippen LogP contribution < -0.4 is 4.90 Å². The summed E-state index contributed by atoms with van der Waals surface area (Å²) in [6, 6.07) is 7.53. The Labute approximate surface area is 108 Å². The van der Waals surface area contributed by atoms with Gasteiger partial charge in [0.05, 0.1) is 18.8 Å². The zero-order chi connectivity index (χ0) is 13.8. The zero-order valence-electron chi connectivity index (χ0n) is 11.4. The van der Waals surface area contributed by atoms with Crippen molar-refractivity contribution in [3.05, 3.63) is 29.8 Å². The first-order chi connectivity index (χ1) is 8.35. The average Bonchev–Trinajstić information content (AvgIpc) is 2.24. The molecule has 18 heavy (non-hydrogen) atoms. The van der Waals surface area contributed by atoms with Crippen molar-refractivity contribution in [1.29, 1.82) is 0 Å². The van der Waals surface area contributed by atoms with E-state index in [0.29, 0.717) is 0 Å². The van der Waals surface area contributed by atoms with Crippen molar-refractivity contribution in [3.8, 4) is 0 Å². The molecule has 0 spiro atoms. The molecule has 0 aliphatic rings. The van der Waals surface area contributed by atoms with Gasteiger partial charge in [-0.15, -0.1) is 0 Å². The van der Waals surface area contributed by atoms with Gasteiger partial charge in [-0.3, -0.25) is 4.90 Å². The highest BCUT2D eigenvalue weighted by Crippen LogP contribution is 2.21. The Morgan fingerprint density at radius 3 is 2.44 bits per heavy atom. The molecule has 4 nitrogen and oxygen atoms in total. The van der Waals surface area contributed by atoms with Gasteiger partial charge in [-0.05, 0) is 39.3 Å². The smallest absolute Gasteiger partial charge is 0.414 e. The number of ether oxygens (including phenoxy) is 1. The lowest BCUT2D eigenvalue weighted by Gasteiger charge is -2.27. The molecule has 0 saturated heterocycles. The number of hydrogen-bond acceptors (Lipinski definition) is 3. The molecule has 4 heteroatoms. The van der Waals surface area contributed by atoms with Crippen LogP contribution >= 0.6 is 0 Å². The maximum Gasteiger partial charge on any atom is 0.414 e. The lowest BCUT2D eigenvalue weighted by atomic mass is 10.2. The van der Waals surface area contributed by atoms with Crippen LogP contribution in [0, 0.1) is 6.92 Å². The Morgan fingerprint density at radius 1 is 1.33 bits per heavy atom. The third kappa shape index (κ3) is 4.04. The van der Waals surface area contributed by atoms with Crippen LogP contribution in [-0.2, 0) is 4.74 Å². The fourth-order valence-corrected chi connectivity index (χ4v) is 1.59. The molecule has 1 aromatic rings. The summed E-state index contributed by atoms with van der Waals surface area (Å²) in [5, 5.41) is 9.09. The van der Waals surface area contributed by atoms with Gasteiger partial charge in [-0.2, -0.15) is 0 Å². The lowest BCUT2D eigenvalue weighted by Crippen LogP contribution is -2.38. The fourth-order valence-electron chi connectivity index (χ4n) is 1.59. The van der Waals surface area contributed by atoms with E-state index in [0.717, 1.165) is 11.3 Å². The maximum absolute atomic E-state index is 12.1. The largest absolute Gasteiger partial charge is 0.443 e. The van der Waals surface area contributed by atoms with E-state index in [9.17, 15) is 4.79 Å². The Balaban J connectivity index is 2.96. The second-order valence-electron chi connectivity index (χ2n) is 5.14. The Hall–Kier alpha value is -1.55. The Bertz CT molecular complexity index is 410. The summed E-state index contributed by atoms with van der Waals surface area (Å²) >= 11 is 0. The van der Waals surface area contributed by atoms with Crippen molar-refractivity contribution in [2.45, 2.75) is 33.3 Å². The second-order valence-corrected chi connectivity index (χ2v) is 5.14. The molecule has 1 rings (SSSR count). The van der Waals surface area contributed by atoms with Gasteiger partial charge >= 0.3 is 6.09 Å². The molecule has 0 radical (unpaired) electrons. The molecule has 0 atom stereocenters. The van der Waals surface area contributed by atoms with Crippen LogP contribution in [-0.4, -0.2) is 30.0 Å². The molecule has 0 fully saturated rings. The number of para-hydroxylation sites is 1. The predicted molar refractivity (Wildman–Crippen MR) is 71.8 cm³/mol. The van der Waals surface area contributed by atoms with Gasteiger partial charge in [0.1, 0.15) is 5.60 Å². The number of carbonyl (C=O) groups is 1. The number of nitrogens with zero attached hydrogens (tertiary/aromatic N) is 1. The molecule has 0 aliphatic carbocycles. The number of rotatable bonds is 3. The third-order valence-electron chi connectivity index (χ3n) is 2.34. The van der Waals surface area contributed by atoms with Crippen LogP contribution in [0.25, 0.3) is 0 Å². The van der Waals surface area contributed by atoms with E-state index < -0.39 is 11.7 Å². The van der Waals surface area contributed by atoms with Crippen LogP contribution in [0.5, 0.6) is 0 Å². The number of aliphatic hydroxyl groups excluding tert-OH is 1. The molecule has 0 aliphatic heterocycles. The summed E-state index contributed by atoms with van der Waals surface area (Å²) in [7, 11) is 0. The van der Waals surface area contributed by atoms with E-state index in [1.165, 1.54) is 4.90 Å². The first kappa shape index (κ1) is 14.5. The summed E-state index contributed by atoms with van der Waals surface area (Å²) in [6.45, 7) is 7.50. The molecular weight excluding hydrogens is 230 g/mol. The van der Waals surface area contributed by atoms with Crippen LogP contribution in [0.15, 0.2) is 24.3 Å². The van der Waals surface area contributed by atoms with Crippen LogP contribution in [0.1, 0.15) is 26.3 Å². The summed E-state index contributed by atoms with van der Waals surface area (Å²) < 4.78 is 5.34. The minimum atomic E-state index is -0.548. The maximum atomic E-state index is 12.1. The minimum absolute atomic E-state index is 0.104. The van der Waals surface area contributed by atoms with Crippen LogP contribution in [0.2, 0.25) is 0 Å². The van der Waals surface area contributed by atoms with E-state index in [-0.39, 0.29) is 13.2 Å². The number of carbonyl (C=O) groups excluding carboxylic acids is 1. The van der Waals surface area contributed by atoms with Crippen molar-refractivity contribution >= 4 is 11.8 Å². The quantitative estimate of drug-likeness (QED) is 0.898. The van der Waals surface area contributed by atoms with Crippen LogP contribution in [0.4, 0.5) is 10.5 Å². The molecular formula is C14H21NO3. The van der Waals surface area contributed by atoms with Gasteiger partial charge in [0, 0.05) is 0 Å². The number of aryl methyl sites for hydroxylation is 1. The Kier molecular flexibility index (Phi) is 4.73. The highest BCUT2D eigenvalue weighted by Gasteiger charge is 2.23. The predicted octanol–water partition coefficient (Wildman–Crippen LogP) is 2.73. The second kappa shape index (κ2) is 5.87. The van der Waals surface area contributed by atoms with Crippen molar-refractivity contribution < 1.29 is 14.6 Å². The van der Waals surface area contributed by atoms with E-state index in [1.807, 2.05) is 52.0 Å². The Morgan fingerprint density at radius 2 is 1.94 bits per heavy atom. The summed E-state index contributed by atoms with van der Waals surface area (Å²) in [6.07, 6.45) is -0.439. The van der Waals surface area contributed by atoms with Crippen molar-refractivity contribution in [3.63, 3.8) is 0 Å². The van der Waals surface area contributed by atoms with E-state index in [4.69, 9.17) is 9.84 Å². The normalized spacial score (nSPS) is 11.2. The third-order valence-corrected chi connectivity index (χ3v) is 2.34. The summed E-state index contributed by atoms with van der Waals surface area (Å²) in [5.41, 5.74) is 1.19. The van der Waals surface area contributed by atoms with Gasteiger partial charge in [0.25, 0.3) is 0 Å². The first-order valence-electron chi connectivity index (χ1n) is 6.02. The molecule has 0 heterocycles. The molecule has 0 unspecified atom stereocenters. The molecule has 1 amide bonds. The number of anilines is 1. The van der Waals surface area contributed by atoms with E-state index in [1.54, 1.807) is 0 Å². The van der Waals surface area contributed by atoms with Crippen molar-refractivity contribution in [2.24, 2.45) is 0 Å². The number of amides is 1. The van der Waals surface area contributed by atoms with Gasteiger partial charge < -0.3 is 9.84 Å². The number of benzene rings is 1. The average molecular weight is 251 g/mol. The molecule has 100 valence electrons. The fraction of sp³-hybridized carbons (Fsp3) is 0.500. The van der Waals surface area contributed by atoms with Crippen molar-refractivity contribution in [1.82, 2.24) is 0 Å². The summed E-state index contributed by atoms with van der Waals surface area (Å²) in [5.74, 6) is 0. The standard InChI is InChI=1S/C14H21NO3/c1-11-7-5-6-8-12(11)15(9-10-16)13(17)18-14(2,3)4/h5-8,16H,9-10H2,1-4H3. The first-order valence-corrected chi connectivity index (χ1v) is 6.02. The molecule has 0 aromatic heterocycles. The molecule has 1 N–H and O–H groups in total. The number of aliphatic hydroxyl groups is 1. The van der Waals surface area contributed by atoms with Crippen LogP contribution in [0.3, 0.4) is 0 Å². The SMILES string of the molecule is Cc1ccccc1N(CCO)C(=O)OC(C)(C)C. The topological polar surface area (TPSA) is 49.8 Å². The van der Waals surface area contributed by atoms with Gasteiger partial charge in [0.2, 0.25) is 0 Å². The van der Waals surface area contributed by atoms with Gasteiger partial charge in [-0.1, -0.05) is 18.2 Å². The number of hydrogen-bond donors (Lipinski definition) is 1. The van der Waals surface area contributed by atoms with Gasteiger partial charge in [-0.25, -0.2) is 4.79 Å². The lowest BCUT2D eigenvalue weighted by molar-refractivity contribution is 0.0573.